The van der Waals surface area contributed by atoms with Crippen LogP contribution in [-0.4, -0.2) is 61.1 Å². The molecule has 0 bridgehead atoms. The zero-order valence-electron chi connectivity index (χ0n) is 23.1. The van der Waals surface area contributed by atoms with Crippen molar-refractivity contribution in [1.82, 2.24) is 9.88 Å². The second kappa shape index (κ2) is 11.6. The highest BCUT2D eigenvalue weighted by Gasteiger charge is 2.38. The molecular weight excluding hydrogens is 509 g/mol. The summed E-state index contributed by atoms with van der Waals surface area (Å²) in [5.74, 6) is 0.362. The Balaban J connectivity index is 1.29. The molecule has 2 saturated heterocycles. The molecular formula is C31H36FN5O3. The van der Waals surface area contributed by atoms with Crippen LogP contribution in [0.3, 0.4) is 0 Å². The third kappa shape index (κ3) is 5.79. The molecule has 1 aromatic heterocycles. The molecule has 2 aromatic carbocycles. The summed E-state index contributed by atoms with van der Waals surface area (Å²) in [6.45, 7) is 7.36. The molecule has 0 atom stereocenters. The molecule has 0 spiro atoms. The largest absolute Gasteiger partial charge is 0.399 e. The number of carbonyl (C=O) groups excluding carboxylic acids is 2. The number of amides is 2. The van der Waals surface area contributed by atoms with E-state index < -0.39 is 5.67 Å². The molecule has 2 amide bonds. The van der Waals surface area contributed by atoms with Gasteiger partial charge in [-0.1, -0.05) is 25.1 Å². The van der Waals surface area contributed by atoms with Gasteiger partial charge in [0, 0.05) is 62.2 Å². The lowest BCUT2D eigenvalue weighted by atomic mass is 9.85. The number of rotatable bonds is 6. The highest BCUT2D eigenvalue weighted by Crippen LogP contribution is 2.38. The number of piperidine rings is 1. The SMILES string of the molecule is CCc1cc(C)c(C(=O)N2CCC(F)(c3ccc(N)cc3)CC2)cc1NC(=O)c1ccc(N2CCOCC2)nc1. The fraction of sp³-hybridized carbons (Fsp3) is 0.387. The van der Waals surface area contributed by atoms with Crippen molar-refractivity contribution in [2.45, 2.75) is 38.8 Å². The normalized spacial score (nSPS) is 17.0. The van der Waals surface area contributed by atoms with E-state index in [-0.39, 0.29) is 24.7 Å². The van der Waals surface area contributed by atoms with E-state index >= 15 is 4.39 Å². The number of nitrogen functional groups attached to an aromatic ring is 1. The minimum atomic E-state index is -1.49. The molecule has 0 saturated carbocycles. The second-order valence-corrected chi connectivity index (χ2v) is 10.5. The summed E-state index contributed by atoms with van der Waals surface area (Å²) in [6.07, 6.45) is 2.69. The van der Waals surface area contributed by atoms with Gasteiger partial charge < -0.3 is 25.6 Å². The third-order valence-corrected chi connectivity index (χ3v) is 7.93. The number of anilines is 3. The summed E-state index contributed by atoms with van der Waals surface area (Å²) in [7, 11) is 0. The minimum absolute atomic E-state index is 0.161. The van der Waals surface area contributed by atoms with Crippen LogP contribution in [0.4, 0.5) is 21.6 Å². The zero-order chi connectivity index (χ0) is 28.3. The van der Waals surface area contributed by atoms with Gasteiger partial charge in [-0.3, -0.25) is 9.59 Å². The van der Waals surface area contributed by atoms with Gasteiger partial charge in [-0.15, -0.1) is 0 Å². The summed E-state index contributed by atoms with van der Waals surface area (Å²) in [5, 5.41) is 2.99. The van der Waals surface area contributed by atoms with Crippen molar-refractivity contribution in [2.24, 2.45) is 0 Å². The average molecular weight is 546 g/mol. The van der Waals surface area contributed by atoms with Crippen molar-refractivity contribution in [1.29, 1.82) is 0 Å². The van der Waals surface area contributed by atoms with E-state index in [4.69, 9.17) is 10.5 Å². The van der Waals surface area contributed by atoms with Gasteiger partial charge in [-0.25, -0.2) is 9.37 Å². The third-order valence-electron chi connectivity index (χ3n) is 7.93. The molecule has 3 heterocycles. The molecule has 2 aliphatic rings. The van der Waals surface area contributed by atoms with Gasteiger partial charge in [0.1, 0.15) is 11.5 Å². The number of nitrogens with one attached hydrogen (secondary N) is 1. The van der Waals surface area contributed by atoms with Gasteiger partial charge in [0.25, 0.3) is 11.8 Å². The standard InChI is InChI=1S/C31H36FN5O3/c1-3-22-18-21(2)26(30(39)37-12-10-31(32,11-13-37)24-5-7-25(33)8-6-24)19-27(22)35-29(38)23-4-9-28(34-20-23)36-14-16-40-17-15-36/h4-9,18-20H,3,10-17,33H2,1-2H3,(H,35,38). The number of aromatic nitrogens is 1. The predicted molar refractivity (Wildman–Crippen MR) is 155 cm³/mol. The molecule has 3 aromatic rings. The lowest BCUT2D eigenvalue weighted by Gasteiger charge is -2.37. The van der Waals surface area contributed by atoms with Crippen LogP contribution in [0.25, 0.3) is 0 Å². The number of likely N-dealkylation sites (tertiary alicyclic amines) is 1. The van der Waals surface area contributed by atoms with Crippen LogP contribution in [0.5, 0.6) is 0 Å². The topological polar surface area (TPSA) is 101 Å². The zero-order valence-corrected chi connectivity index (χ0v) is 23.1. The number of hydrogen-bond acceptors (Lipinski definition) is 6. The first-order valence-electron chi connectivity index (χ1n) is 13.9. The van der Waals surface area contributed by atoms with Crippen molar-refractivity contribution < 1.29 is 18.7 Å². The van der Waals surface area contributed by atoms with E-state index in [1.807, 2.05) is 26.0 Å². The van der Waals surface area contributed by atoms with Gasteiger partial charge in [-0.05, 0) is 60.4 Å². The van der Waals surface area contributed by atoms with Crippen LogP contribution in [0.15, 0.2) is 54.7 Å². The molecule has 8 nitrogen and oxygen atoms in total. The Morgan fingerprint density at radius 2 is 1.75 bits per heavy atom. The second-order valence-electron chi connectivity index (χ2n) is 10.5. The predicted octanol–water partition coefficient (Wildman–Crippen LogP) is 4.72. The van der Waals surface area contributed by atoms with E-state index in [0.717, 1.165) is 30.0 Å². The van der Waals surface area contributed by atoms with E-state index in [9.17, 15) is 9.59 Å². The number of morpholine rings is 1. The first-order valence-corrected chi connectivity index (χ1v) is 13.9. The number of pyridine rings is 1. The maximum absolute atomic E-state index is 15.7. The number of nitrogens with two attached hydrogens (primary N) is 1. The monoisotopic (exact) mass is 545 g/mol. The lowest BCUT2D eigenvalue weighted by Crippen LogP contribution is -2.43. The number of hydrogen-bond donors (Lipinski definition) is 2. The highest BCUT2D eigenvalue weighted by atomic mass is 19.1. The number of ether oxygens (including phenoxy) is 1. The Bertz CT molecular complexity index is 1360. The van der Waals surface area contributed by atoms with Crippen molar-refractivity contribution >= 4 is 29.0 Å². The summed E-state index contributed by atoms with van der Waals surface area (Å²) in [4.78, 5) is 35.0. The highest BCUT2D eigenvalue weighted by molar-refractivity contribution is 6.05. The molecule has 5 rings (SSSR count). The Hall–Kier alpha value is -3.98. The van der Waals surface area contributed by atoms with E-state index in [1.165, 1.54) is 0 Å². The van der Waals surface area contributed by atoms with Crippen LogP contribution < -0.4 is 16.0 Å². The number of benzene rings is 2. The summed E-state index contributed by atoms with van der Waals surface area (Å²) in [6, 6.07) is 14.2. The fourth-order valence-electron chi connectivity index (χ4n) is 5.41. The number of alkyl halides is 1. The van der Waals surface area contributed by atoms with Gasteiger partial charge >= 0.3 is 0 Å². The first kappa shape index (κ1) is 27.6. The number of carbonyl (C=O) groups is 2. The molecule has 2 fully saturated rings. The van der Waals surface area contributed by atoms with E-state index in [1.54, 1.807) is 47.5 Å². The van der Waals surface area contributed by atoms with Crippen molar-refractivity contribution in [3.05, 3.63) is 82.5 Å². The van der Waals surface area contributed by atoms with Crippen molar-refractivity contribution in [3.8, 4) is 0 Å². The molecule has 0 unspecified atom stereocenters. The fourth-order valence-corrected chi connectivity index (χ4v) is 5.41. The van der Waals surface area contributed by atoms with Gasteiger partial charge in [0.2, 0.25) is 0 Å². The Kier molecular flexibility index (Phi) is 8.02. The van der Waals surface area contributed by atoms with Gasteiger partial charge in [0.15, 0.2) is 0 Å². The van der Waals surface area contributed by atoms with E-state index in [0.29, 0.717) is 60.8 Å². The molecule has 2 aliphatic heterocycles. The molecule has 210 valence electrons. The summed E-state index contributed by atoms with van der Waals surface area (Å²) in [5.41, 5.74) is 8.75. The maximum atomic E-state index is 15.7. The molecule has 40 heavy (non-hydrogen) atoms. The average Bonchev–Trinajstić information content (AvgIpc) is 2.98. The maximum Gasteiger partial charge on any atom is 0.257 e. The molecule has 0 aliphatic carbocycles. The number of aryl methyl sites for hydroxylation is 2. The summed E-state index contributed by atoms with van der Waals surface area (Å²) >= 11 is 0. The van der Waals surface area contributed by atoms with Crippen molar-refractivity contribution in [2.75, 3.05) is 55.3 Å². The van der Waals surface area contributed by atoms with Crippen LogP contribution in [0, 0.1) is 6.92 Å². The van der Waals surface area contributed by atoms with Gasteiger partial charge in [-0.2, -0.15) is 0 Å². The first-order chi connectivity index (χ1) is 19.3. The Morgan fingerprint density at radius 3 is 2.38 bits per heavy atom. The van der Waals surface area contributed by atoms with Crippen molar-refractivity contribution in [3.63, 3.8) is 0 Å². The Morgan fingerprint density at radius 1 is 1.05 bits per heavy atom. The lowest BCUT2D eigenvalue weighted by molar-refractivity contribution is 0.0421. The van der Waals surface area contributed by atoms with Crippen LogP contribution in [0.1, 0.15) is 57.2 Å². The quantitative estimate of drug-likeness (QED) is 0.435. The van der Waals surface area contributed by atoms with Gasteiger partial charge in [0.05, 0.1) is 18.8 Å². The van der Waals surface area contributed by atoms with Crippen LogP contribution in [-0.2, 0) is 16.8 Å². The smallest absolute Gasteiger partial charge is 0.257 e. The molecule has 3 N–H and O–H groups in total. The minimum Gasteiger partial charge on any atom is -0.399 e. The van der Waals surface area contributed by atoms with Crippen LogP contribution in [0.2, 0.25) is 0 Å². The molecule has 9 heteroatoms. The number of halogens is 1. The van der Waals surface area contributed by atoms with E-state index in [2.05, 4.69) is 15.2 Å². The summed E-state index contributed by atoms with van der Waals surface area (Å²) < 4.78 is 21.1. The number of nitrogens with zero attached hydrogens (tertiary/aromatic N) is 3. The Labute approximate surface area is 234 Å². The molecule has 0 radical (unpaired) electrons. The van der Waals surface area contributed by atoms with Crippen LogP contribution >= 0.6 is 0 Å².